The van der Waals surface area contributed by atoms with Gasteiger partial charge in [0.1, 0.15) is 12.2 Å². The van der Waals surface area contributed by atoms with Crippen LogP contribution in [-0.2, 0) is 30.0 Å². The van der Waals surface area contributed by atoms with Crippen LogP contribution in [0.5, 0.6) is 0 Å². The number of esters is 1. The molecule has 3 aromatic carbocycles. The topological polar surface area (TPSA) is 54.0 Å². The van der Waals surface area contributed by atoms with Gasteiger partial charge >= 0.3 is 5.97 Å². The average Bonchev–Trinajstić information content (AvgIpc) is 3.11. The third-order valence-corrected chi connectivity index (χ3v) is 14.7. The van der Waals surface area contributed by atoms with E-state index in [0.29, 0.717) is 31.0 Å². The van der Waals surface area contributed by atoms with E-state index in [0.717, 1.165) is 16.7 Å². The molecule has 0 fully saturated rings. The molecule has 0 radical (unpaired) electrons. The van der Waals surface area contributed by atoms with Crippen LogP contribution in [0.1, 0.15) is 66.9 Å². The molecule has 0 aliphatic carbocycles. The van der Waals surface area contributed by atoms with Crippen molar-refractivity contribution in [3.63, 3.8) is 0 Å². The fourth-order valence-electron chi connectivity index (χ4n) is 6.43. The van der Waals surface area contributed by atoms with Crippen molar-refractivity contribution >= 4 is 36.4 Å². The minimum atomic E-state index is -3.04. The highest BCUT2D eigenvalue weighted by atomic mass is 32.2. The van der Waals surface area contributed by atoms with Crippen molar-refractivity contribution in [2.24, 2.45) is 0 Å². The molecular formula is C42H54O5SSi. The molecule has 0 spiro atoms. The normalized spacial score (nSPS) is 21.6. The van der Waals surface area contributed by atoms with Gasteiger partial charge in [-0.25, -0.2) is 4.79 Å². The fraction of sp³-hybridized carbons (Fsp3) is 0.405. The molecule has 5 nitrogen and oxygen atoms in total. The largest absolute Gasteiger partial charge is 0.454 e. The molecule has 0 amide bonds. The predicted molar refractivity (Wildman–Crippen MR) is 207 cm³/mol. The van der Waals surface area contributed by atoms with Gasteiger partial charge in [0, 0.05) is 12.0 Å². The number of allylic oxidation sites excluding steroid dienone is 1. The van der Waals surface area contributed by atoms with Gasteiger partial charge < -0.3 is 18.6 Å². The Kier molecular flexibility index (Phi) is 14.3. The Morgan fingerprint density at radius 2 is 1.45 bits per heavy atom. The molecule has 1 aliphatic heterocycles. The van der Waals surface area contributed by atoms with Crippen LogP contribution >= 0.6 is 11.8 Å². The van der Waals surface area contributed by atoms with Gasteiger partial charge in [-0.05, 0) is 72.5 Å². The maximum absolute atomic E-state index is 13.3. The second kappa shape index (κ2) is 18.2. The van der Waals surface area contributed by atoms with E-state index in [-0.39, 0.29) is 11.0 Å². The highest BCUT2D eigenvalue weighted by Gasteiger charge is 2.53. The number of benzene rings is 3. The Morgan fingerprint density at radius 1 is 0.878 bits per heavy atom. The van der Waals surface area contributed by atoms with Crippen molar-refractivity contribution < 1.29 is 23.4 Å². The van der Waals surface area contributed by atoms with Crippen molar-refractivity contribution in [2.45, 2.75) is 97.4 Å². The highest BCUT2D eigenvalue weighted by Crippen LogP contribution is 2.40. The molecule has 0 N–H and O–H groups in total. The van der Waals surface area contributed by atoms with E-state index in [9.17, 15) is 4.79 Å². The van der Waals surface area contributed by atoms with Crippen LogP contribution in [0.15, 0.2) is 126 Å². The third-order valence-electron chi connectivity index (χ3n) is 9.36. The van der Waals surface area contributed by atoms with E-state index < -0.39 is 32.7 Å². The molecule has 0 saturated heterocycles. The molecule has 1 heterocycles. The molecule has 1 aliphatic rings. The number of hydrogen-bond acceptors (Lipinski definition) is 6. The summed E-state index contributed by atoms with van der Waals surface area (Å²) in [5, 5.41) is 2.14. The zero-order valence-electron chi connectivity index (χ0n) is 30.5. The van der Waals surface area contributed by atoms with E-state index in [1.54, 1.807) is 11.8 Å². The van der Waals surface area contributed by atoms with E-state index >= 15 is 0 Å². The summed E-state index contributed by atoms with van der Waals surface area (Å²) < 4.78 is 27.7. The average molecular weight is 699 g/mol. The summed E-state index contributed by atoms with van der Waals surface area (Å²) in [5.74, 6) is 0.160. The van der Waals surface area contributed by atoms with Gasteiger partial charge in [0.25, 0.3) is 8.32 Å². The second-order valence-corrected chi connectivity index (χ2v) is 18.9. The summed E-state index contributed by atoms with van der Waals surface area (Å²) in [5.41, 5.74) is 3.65. The van der Waals surface area contributed by atoms with Crippen molar-refractivity contribution in [3.05, 3.63) is 132 Å². The first kappa shape index (κ1) is 38.6. The summed E-state index contributed by atoms with van der Waals surface area (Å²) in [6.07, 6.45) is 7.37. The quantitative estimate of drug-likeness (QED) is 0.0864. The molecule has 3 aromatic rings. The molecule has 0 saturated carbocycles. The maximum atomic E-state index is 13.3. The summed E-state index contributed by atoms with van der Waals surface area (Å²) in [6.45, 7) is 15.2. The van der Waals surface area contributed by atoms with Crippen molar-refractivity contribution in [1.29, 1.82) is 0 Å². The first-order valence-corrected chi connectivity index (χ1v) is 20.5. The molecule has 0 aromatic heterocycles. The minimum absolute atomic E-state index is 0.255. The maximum Gasteiger partial charge on any atom is 0.333 e. The van der Waals surface area contributed by atoms with Crippen LogP contribution in [0.2, 0.25) is 5.04 Å². The van der Waals surface area contributed by atoms with E-state index in [1.165, 1.54) is 10.4 Å². The smallest absolute Gasteiger partial charge is 0.333 e. The number of carbonyl (C=O) groups excluding carboxylic acids is 1. The molecule has 1 unspecified atom stereocenters. The Bertz CT molecular complexity index is 1520. The monoisotopic (exact) mass is 698 g/mol. The van der Waals surface area contributed by atoms with Crippen molar-refractivity contribution in [2.75, 3.05) is 12.2 Å². The van der Waals surface area contributed by atoms with Gasteiger partial charge in [-0.3, -0.25) is 0 Å². The summed E-state index contributed by atoms with van der Waals surface area (Å²) in [6, 6.07) is 31.7. The molecule has 262 valence electrons. The molecule has 7 heteroatoms. The Balaban J connectivity index is 1.98. The predicted octanol–water partition coefficient (Wildman–Crippen LogP) is 8.79. The highest BCUT2D eigenvalue weighted by molar-refractivity contribution is 7.98. The number of hydrogen-bond donors (Lipinski definition) is 0. The van der Waals surface area contributed by atoms with E-state index in [1.807, 2.05) is 57.4 Å². The van der Waals surface area contributed by atoms with Gasteiger partial charge in [-0.15, -0.1) is 11.8 Å². The standard InChI is InChI=1S/C42H54O5SSi/c1-9-31(2)37-27-25-32(3)39(47-49(42(5,6)7,35-21-15-11-16-22-35)36-23-17-12-18-24-36)40(44-29-34-19-13-10-14-20-34)38(45-30-48-8)28-26-33(4)41(43)46-37/h9-26,37-40H,27-30H2,1-8H3/t37-,38?,39-,40-/m1/s1. The zero-order valence-corrected chi connectivity index (χ0v) is 32.3. The minimum Gasteiger partial charge on any atom is -0.454 e. The molecule has 0 bridgehead atoms. The van der Waals surface area contributed by atoms with Gasteiger partial charge in [-0.1, -0.05) is 130 Å². The Morgan fingerprint density at radius 3 is 1.98 bits per heavy atom. The number of rotatable bonds is 11. The zero-order chi connectivity index (χ0) is 35.4. The number of cyclic esters (lactones) is 1. The second-order valence-electron chi connectivity index (χ2n) is 13.8. The SMILES string of the molecule is CC=C(C)[C@H]1CC=C(C)[C@@H](O[Si](c2ccccc2)(c2ccccc2)C(C)(C)C)[C@H](OCc2ccccc2)C(OCSC)CC=C(C)C(=O)O1. The molecule has 4 atom stereocenters. The van der Waals surface area contributed by atoms with Gasteiger partial charge in [-0.2, -0.15) is 0 Å². The Hall–Kier alpha value is -3.20. The van der Waals surface area contributed by atoms with Crippen molar-refractivity contribution in [1.82, 2.24) is 0 Å². The molecule has 49 heavy (non-hydrogen) atoms. The van der Waals surface area contributed by atoms with Crippen LogP contribution in [0, 0.1) is 0 Å². The first-order valence-electron chi connectivity index (χ1n) is 17.2. The first-order chi connectivity index (χ1) is 23.5. The fourth-order valence-corrected chi connectivity index (χ4v) is 11.5. The number of carbonyl (C=O) groups is 1. The van der Waals surface area contributed by atoms with Gasteiger partial charge in [0.2, 0.25) is 0 Å². The van der Waals surface area contributed by atoms with Crippen molar-refractivity contribution in [3.8, 4) is 0 Å². The summed E-state index contributed by atoms with van der Waals surface area (Å²) >= 11 is 1.62. The van der Waals surface area contributed by atoms with Crippen LogP contribution < -0.4 is 10.4 Å². The van der Waals surface area contributed by atoms with Gasteiger partial charge in [0.05, 0.1) is 24.8 Å². The lowest BCUT2D eigenvalue weighted by Gasteiger charge is -2.47. The lowest BCUT2D eigenvalue weighted by atomic mass is 9.96. The van der Waals surface area contributed by atoms with Crippen LogP contribution in [-0.4, -0.2) is 50.9 Å². The number of thioether (sulfide) groups is 1. The summed E-state index contributed by atoms with van der Waals surface area (Å²) in [7, 11) is -3.04. The van der Waals surface area contributed by atoms with E-state index in [4.69, 9.17) is 18.6 Å². The number of ether oxygens (including phenoxy) is 3. The Labute approximate surface area is 299 Å². The van der Waals surface area contributed by atoms with Crippen LogP contribution in [0.4, 0.5) is 0 Å². The lowest BCUT2D eigenvalue weighted by Crippen LogP contribution is -2.69. The molecule has 4 rings (SSSR count). The summed E-state index contributed by atoms with van der Waals surface area (Å²) in [4.78, 5) is 13.3. The van der Waals surface area contributed by atoms with Gasteiger partial charge in [0.15, 0.2) is 0 Å². The lowest BCUT2D eigenvalue weighted by molar-refractivity contribution is -0.142. The third kappa shape index (κ3) is 9.74. The van der Waals surface area contributed by atoms with E-state index in [2.05, 4.69) is 107 Å². The van der Waals surface area contributed by atoms with Crippen LogP contribution in [0.25, 0.3) is 0 Å². The van der Waals surface area contributed by atoms with Crippen LogP contribution in [0.3, 0.4) is 0 Å². The molecular weight excluding hydrogens is 645 g/mol.